The van der Waals surface area contributed by atoms with Crippen LogP contribution in [0.5, 0.6) is 0 Å². The highest BCUT2D eigenvalue weighted by molar-refractivity contribution is 5.98. The van der Waals surface area contributed by atoms with Crippen LogP contribution in [0.4, 0.5) is 0 Å². The third-order valence-corrected chi connectivity index (χ3v) is 4.58. The zero-order chi connectivity index (χ0) is 16.8. The highest BCUT2D eigenvalue weighted by Crippen LogP contribution is 2.28. The lowest BCUT2D eigenvalue weighted by atomic mass is 10.0. The molecule has 0 radical (unpaired) electrons. The highest BCUT2D eigenvalue weighted by atomic mass is 16.2. The number of rotatable bonds is 3. The smallest absolute Gasteiger partial charge is 0.270 e. The van der Waals surface area contributed by atoms with E-state index in [9.17, 15) is 4.79 Å². The first-order valence-corrected chi connectivity index (χ1v) is 8.43. The predicted molar refractivity (Wildman–Crippen MR) is 97.3 cm³/mol. The lowest BCUT2D eigenvalue weighted by Crippen LogP contribution is -2.26. The summed E-state index contributed by atoms with van der Waals surface area (Å²) in [6.07, 6.45) is 2.12. The number of hydrogen-bond donors (Lipinski definition) is 2. The van der Waals surface area contributed by atoms with Crippen molar-refractivity contribution in [3.05, 3.63) is 60.3 Å². The molecular weight excluding hydrogens is 312 g/mol. The van der Waals surface area contributed by atoms with Crippen LogP contribution in [0.3, 0.4) is 0 Å². The lowest BCUT2D eigenvalue weighted by molar-refractivity contribution is 0.0946. The molecule has 0 saturated heterocycles. The molecule has 5 nitrogen and oxygen atoms in total. The van der Waals surface area contributed by atoms with Crippen LogP contribution in [-0.2, 0) is 0 Å². The summed E-state index contributed by atoms with van der Waals surface area (Å²) < 4.78 is 0. The monoisotopic (exact) mass is 328 g/mol. The van der Waals surface area contributed by atoms with Crippen molar-refractivity contribution in [2.24, 2.45) is 0 Å². The minimum atomic E-state index is -0.116. The first-order valence-electron chi connectivity index (χ1n) is 8.43. The lowest BCUT2D eigenvalue weighted by Gasteiger charge is -2.04. The van der Waals surface area contributed by atoms with Gasteiger partial charge in [-0.3, -0.25) is 9.89 Å². The normalized spacial score (nSPS) is 14.1. The molecule has 2 aromatic carbocycles. The van der Waals surface area contributed by atoms with Gasteiger partial charge in [-0.2, -0.15) is 5.10 Å². The average Bonchev–Trinajstić information content (AvgIpc) is 3.36. The standard InChI is InChI=1S/C20H16N4O/c25-20(21-15-7-8-15)17-10-9-16-19(22-17)18(24-23-16)14-6-5-12-3-1-2-4-13(12)11-14/h1-6,9-11,15H,7-8H2,(H,21,25)(H,23,24). The molecule has 0 aliphatic heterocycles. The van der Waals surface area contributed by atoms with Crippen molar-refractivity contribution in [3.8, 4) is 11.3 Å². The van der Waals surface area contributed by atoms with Crippen molar-refractivity contribution < 1.29 is 4.79 Å². The summed E-state index contributed by atoms with van der Waals surface area (Å²) in [5.74, 6) is -0.116. The first-order chi connectivity index (χ1) is 12.3. The van der Waals surface area contributed by atoms with Crippen LogP contribution in [0.15, 0.2) is 54.6 Å². The van der Waals surface area contributed by atoms with Gasteiger partial charge in [-0.05, 0) is 41.8 Å². The third kappa shape index (κ3) is 2.54. The van der Waals surface area contributed by atoms with E-state index in [4.69, 9.17) is 0 Å². The maximum absolute atomic E-state index is 12.3. The molecule has 2 heterocycles. The molecule has 2 N–H and O–H groups in total. The van der Waals surface area contributed by atoms with Gasteiger partial charge in [-0.1, -0.05) is 36.4 Å². The van der Waals surface area contributed by atoms with Gasteiger partial charge < -0.3 is 5.32 Å². The second kappa shape index (κ2) is 5.41. The number of carbonyl (C=O) groups excluding carboxylic acids is 1. The second-order valence-electron chi connectivity index (χ2n) is 6.47. The summed E-state index contributed by atoms with van der Waals surface area (Å²) in [6, 6.07) is 18.3. The van der Waals surface area contributed by atoms with Crippen molar-refractivity contribution in [2.45, 2.75) is 18.9 Å². The molecule has 25 heavy (non-hydrogen) atoms. The topological polar surface area (TPSA) is 70.7 Å². The number of benzene rings is 2. The first kappa shape index (κ1) is 14.2. The fourth-order valence-electron chi connectivity index (χ4n) is 3.05. The molecule has 1 saturated carbocycles. The summed E-state index contributed by atoms with van der Waals surface area (Å²) >= 11 is 0. The maximum atomic E-state index is 12.3. The van der Waals surface area contributed by atoms with Crippen molar-refractivity contribution in [2.75, 3.05) is 0 Å². The van der Waals surface area contributed by atoms with Gasteiger partial charge in [0.15, 0.2) is 0 Å². The predicted octanol–water partition coefficient (Wildman–Crippen LogP) is 3.67. The van der Waals surface area contributed by atoms with Crippen LogP contribution in [0.1, 0.15) is 23.3 Å². The zero-order valence-corrected chi connectivity index (χ0v) is 13.5. The number of nitrogens with one attached hydrogen (secondary N) is 2. The minimum absolute atomic E-state index is 0.116. The van der Waals surface area contributed by atoms with Gasteiger partial charge in [-0.15, -0.1) is 0 Å². The van der Waals surface area contributed by atoms with Gasteiger partial charge >= 0.3 is 0 Å². The maximum Gasteiger partial charge on any atom is 0.270 e. The van der Waals surface area contributed by atoms with E-state index in [2.05, 4.69) is 44.8 Å². The van der Waals surface area contributed by atoms with Crippen LogP contribution in [0.2, 0.25) is 0 Å². The Bertz CT molecular complexity index is 1110. The molecule has 122 valence electrons. The Morgan fingerprint density at radius 2 is 1.88 bits per heavy atom. The van der Waals surface area contributed by atoms with E-state index in [1.54, 1.807) is 6.07 Å². The number of H-pyrrole nitrogens is 1. The fourth-order valence-corrected chi connectivity index (χ4v) is 3.05. The summed E-state index contributed by atoms with van der Waals surface area (Å²) in [4.78, 5) is 16.8. The largest absolute Gasteiger partial charge is 0.348 e. The van der Waals surface area contributed by atoms with Crippen molar-refractivity contribution >= 4 is 27.7 Å². The second-order valence-corrected chi connectivity index (χ2v) is 6.47. The van der Waals surface area contributed by atoms with Crippen molar-refractivity contribution in [3.63, 3.8) is 0 Å². The van der Waals surface area contributed by atoms with E-state index < -0.39 is 0 Å². The Morgan fingerprint density at radius 3 is 2.72 bits per heavy atom. The van der Waals surface area contributed by atoms with E-state index in [0.29, 0.717) is 11.7 Å². The molecule has 4 aromatic rings. The third-order valence-electron chi connectivity index (χ3n) is 4.58. The fraction of sp³-hybridized carbons (Fsp3) is 0.150. The number of hydrogen-bond acceptors (Lipinski definition) is 3. The minimum Gasteiger partial charge on any atom is -0.348 e. The van der Waals surface area contributed by atoms with Gasteiger partial charge in [0.1, 0.15) is 16.9 Å². The summed E-state index contributed by atoms with van der Waals surface area (Å²) in [5.41, 5.74) is 3.73. The van der Waals surface area contributed by atoms with Crippen LogP contribution in [0.25, 0.3) is 33.1 Å². The Kier molecular flexibility index (Phi) is 3.06. The molecule has 2 aromatic heterocycles. The number of pyridine rings is 1. The van der Waals surface area contributed by atoms with Gasteiger partial charge in [0.05, 0.1) is 5.52 Å². The molecule has 0 unspecified atom stereocenters. The summed E-state index contributed by atoms with van der Waals surface area (Å²) in [5, 5.41) is 12.8. The Morgan fingerprint density at radius 1 is 1.04 bits per heavy atom. The van der Waals surface area contributed by atoms with E-state index in [0.717, 1.165) is 40.5 Å². The SMILES string of the molecule is O=C(NC1CC1)c1ccc2[nH]nc(-c3ccc4ccccc4c3)c2n1. The Labute approximate surface area is 144 Å². The number of fused-ring (bicyclic) bond motifs is 2. The van der Waals surface area contributed by atoms with Gasteiger partial charge in [0.25, 0.3) is 5.91 Å². The highest BCUT2D eigenvalue weighted by Gasteiger charge is 2.24. The number of amides is 1. The van der Waals surface area contributed by atoms with Crippen LogP contribution in [0, 0.1) is 0 Å². The Hall–Kier alpha value is -3.21. The quantitative estimate of drug-likeness (QED) is 0.603. The number of carbonyl (C=O) groups is 1. The molecule has 0 atom stereocenters. The van der Waals surface area contributed by atoms with E-state index >= 15 is 0 Å². The zero-order valence-electron chi connectivity index (χ0n) is 13.5. The van der Waals surface area contributed by atoms with E-state index in [-0.39, 0.29) is 5.91 Å². The van der Waals surface area contributed by atoms with Crippen LogP contribution in [-0.4, -0.2) is 27.1 Å². The summed E-state index contributed by atoms with van der Waals surface area (Å²) in [6.45, 7) is 0. The number of nitrogens with zero attached hydrogens (tertiary/aromatic N) is 2. The van der Waals surface area contributed by atoms with Crippen LogP contribution >= 0.6 is 0 Å². The molecule has 1 aliphatic rings. The van der Waals surface area contributed by atoms with Gasteiger partial charge in [0, 0.05) is 11.6 Å². The van der Waals surface area contributed by atoms with Crippen molar-refractivity contribution in [1.29, 1.82) is 0 Å². The number of aromatic nitrogens is 3. The molecule has 5 rings (SSSR count). The van der Waals surface area contributed by atoms with E-state index in [1.165, 1.54) is 5.39 Å². The molecular formula is C20H16N4O. The molecule has 1 amide bonds. The van der Waals surface area contributed by atoms with Crippen LogP contribution < -0.4 is 5.32 Å². The summed E-state index contributed by atoms with van der Waals surface area (Å²) in [7, 11) is 0. The average molecular weight is 328 g/mol. The molecule has 5 heteroatoms. The Balaban J connectivity index is 1.60. The van der Waals surface area contributed by atoms with E-state index in [1.807, 2.05) is 24.3 Å². The van der Waals surface area contributed by atoms with Gasteiger partial charge in [-0.25, -0.2) is 4.98 Å². The van der Waals surface area contributed by atoms with Gasteiger partial charge in [0.2, 0.25) is 0 Å². The van der Waals surface area contributed by atoms with Crippen molar-refractivity contribution in [1.82, 2.24) is 20.5 Å². The molecule has 0 spiro atoms. The molecule has 1 aliphatic carbocycles. The number of aromatic amines is 1. The molecule has 1 fully saturated rings. The molecule has 0 bridgehead atoms.